The van der Waals surface area contributed by atoms with Gasteiger partial charge in [0.2, 0.25) is 0 Å². The zero-order valence-electron chi connectivity index (χ0n) is 11.4. The van der Waals surface area contributed by atoms with Gasteiger partial charge in [0.15, 0.2) is 0 Å². The topological polar surface area (TPSA) is 52.3 Å². The van der Waals surface area contributed by atoms with E-state index in [0.717, 1.165) is 30.2 Å². The van der Waals surface area contributed by atoms with Crippen LogP contribution >= 0.6 is 15.9 Å². The zero-order chi connectivity index (χ0) is 14.0. The summed E-state index contributed by atoms with van der Waals surface area (Å²) in [5, 5.41) is 0. The number of halogens is 1. The van der Waals surface area contributed by atoms with Gasteiger partial charge in [-0.2, -0.15) is 0 Å². The van der Waals surface area contributed by atoms with Crippen molar-refractivity contribution in [2.75, 3.05) is 5.73 Å². The molecular weight excluding hydrogens is 306 g/mol. The molecule has 3 nitrogen and oxygen atoms in total. The van der Waals surface area contributed by atoms with E-state index in [-0.39, 0.29) is 12.1 Å². The molecule has 0 aliphatic heterocycles. The lowest BCUT2D eigenvalue weighted by atomic mass is 9.76. The molecule has 0 atom stereocenters. The molecule has 0 unspecified atom stereocenters. The van der Waals surface area contributed by atoms with Gasteiger partial charge in [-0.25, -0.2) is 4.79 Å². The molecule has 0 saturated heterocycles. The normalized spacial score (nSPS) is 19.1. The first-order valence-electron chi connectivity index (χ1n) is 6.64. The van der Waals surface area contributed by atoms with E-state index in [1.165, 1.54) is 0 Å². The number of carbonyl (C=O) groups is 1. The molecule has 0 radical (unpaired) electrons. The summed E-state index contributed by atoms with van der Waals surface area (Å²) < 4.78 is 6.30. The highest BCUT2D eigenvalue weighted by Gasteiger charge is 2.29. The van der Waals surface area contributed by atoms with Gasteiger partial charge in [0.05, 0.1) is 11.3 Å². The molecule has 0 bridgehead atoms. The number of hydrogen-bond acceptors (Lipinski definition) is 3. The molecule has 104 valence electrons. The van der Waals surface area contributed by atoms with Gasteiger partial charge in [-0.05, 0) is 59.2 Å². The second-order valence-electron chi connectivity index (χ2n) is 5.97. The van der Waals surface area contributed by atoms with Gasteiger partial charge >= 0.3 is 5.97 Å². The third-order valence-corrected chi connectivity index (χ3v) is 4.52. The Labute approximate surface area is 122 Å². The number of hydrogen-bond donors (Lipinski definition) is 1. The number of nitrogen functional groups attached to an aromatic ring is 1. The second kappa shape index (κ2) is 5.53. The first-order valence-corrected chi connectivity index (χ1v) is 7.43. The Bertz CT molecular complexity index is 475. The number of benzene rings is 1. The zero-order valence-corrected chi connectivity index (χ0v) is 13.0. The SMILES string of the molecule is CC1(C)CCC(OC(=O)c2cccc(Br)c2N)CC1. The van der Waals surface area contributed by atoms with E-state index >= 15 is 0 Å². The molecule has 0 aromatic heterocycles. The van der Waals surface area contributed by atoms with Crippen molar-refractivity contribution in [3.8, 4) is 0 Å². The lowest BCUT2D eigenvalue weighted by Crippen LogP contribution is -2.28. The van der Waals surface area contributed by atoms with Crippen molar-refractivity contribution in [1.29, 1.82) is 0 Å². The monoisotopic (exact) mass is 325 g/mol. The molecule has 4 heteroatoms. The van der Waals surface area contributed by atoms with Crippen LogP contribution in [0.5, 0.6) is 0 Å². The van der Waals surface area contributed by atoms with Crippen molar-refractivity contribution in [2.24, 2.45) is 5.41 Å². The van der Waals surface area contributed by atoms with Crippen LogP contribution in [-0.2, 0) is 4.74 Å². The summed E-state index contributed by atoms with van der Waals surface area (Å²) in [7, 11) is 0. The van der Waals surface area contributed by atoms with Gasteiger partial charge in [0.1, 0.15) is 6.10 Å². The van der Waals surface area contributed by atoms with Gasteiger partial charge in [-0.15, -0.1) is 0 Å². The third kappa shape index (κ3) is 3.50. The van der Waals surface area contributed by atoms with Crippen LogP contribution in [0.1, 0.15) is 49.9 Å². The molecule has 19 heavy (non-hydrogen) atoms. The summed E-state index contributed by atoms with van der Waals surface area (Å²) >= 11 is 3.32. The van der Waals surface area contributed by atoms with Crippen molar-refractivity contribution < 1.29 is 9.53 Å². The largest absolute Gasteiger partial charge is 0.459 e. The molecule has 2 rings (SSSR count). The summed E-state index contributed by atoms with van der Waals surface area (Å²) in [6.07, 6.45) is 4.09. The number of nitrogens with two attached hydrogens (primary N) is 1. The Kier molecular flexibility index (Phi) is 4.19. The molecule has 1 aliphatic carbocycles. The number of esters is 1. The first-order chi connectivity index (χ1) is 8.89. The predicted molar refractivity (Wildman–Crippen MR) is 80.0 cm³/mol. The number of carbonyl (C=O) groups excluding carboxylic acids is 1. The molecule has 1 saturated carbocycles. The fourth-order valence-corrected chi connectivity index (χ4v) is 2.79. The van der Waals surface area contributed by atoms with Crippen LogP contribution in [0.15, 0.2) is 22.7 Å². The minimum Gasteiger partial charge on any atom is -0.459 e. The van der Waals surface area contributed by atoms with E-state index in [1.54, 1.807) is 12.1 Å². The molecule has 0 amide bonds. The van der Waals surface area contributed by atoms with Gasteiger partial charge in [0, 0.05) is 4.47 Å². The molecule has 1 aliphatic rings. The molecule has 0 spiro atoms. The maximum Gasteiger partial charge on any atom is 0.340 e. The van der Waals surface area contributed by atoms with Crippen molar-refractivity contribution in [1.82, 2.24) is 0 Å². The van der Waals surface area contributed by atoms with Crippen molar-refractivity contribution in [2.45, 2.75) is 45.6 Å². The highest BCUT2D eigenvalue weighted by Crippen LogP contribution is 2.36. The second-order valence-corrected chi connectivity index (χ2v) is 6.82. The highest BCUT2D eigenvalue weighted by molar-refractivity contribution is 9.10. The summed E-state index contributed by atoms with van der Waals surface area (Å²) in [4.78, 5) is 12.1. The Morgan fingerprint density at radius 1 is 1.37 bits per heavy atom. The smallest absolute Gasteiger partial charge is 0.340 e. The minimum absolute atomic E-state index is 0.0268. The van der Waals surface area contributed by atoms with E-state index in [4.69, 9.17) is 10.5 Å². The van der Waals surface area contributed by atoms with Crippen LogP contribution in [0, 0.1) is 5.41 Å². The summed E-state index contributed by atoms with van der Waals surface area (Å²) in [5.41, 5.74) is 7.15. The van der Waals surface area contributed by atoms with Gasteiger partial charge in [0.25, 0.3) is 0 Å². The Balaban J connectivity index is 2.00. The summed E-state index contributed by atoms with van der Waals surface area (Å²) in [6.45, 7) is 4.52. The standard InChI is InChI=1S/C15H20BrNO2/c1-15(2)8-6-10(7-9-15)19-14(18)11-4-3-5-12(16)13(11)17/h3-5,10H,6-9,17H2,1-2H3. The van der Waals surface area contributed by atoms with Crippen LogP contribution in [0.25, 0.3) is 0 Å². The number of ether oxygens (including phenoxy) is 1. The average molecular weight is 326 g/mol. The van der Waals surface area contributed by atoms with Crippen molar-refractivity contribution >= 4 is 27.6 Å². The lowest BCUT2D eigenvalue weighted by Gasteiger charge is -2.33. The van der Waals surface area contributed by atoms with E-state index in [0.29, 0.717) is 16.7 Å². The third-order valence-electron chi connectivity index (χ3n) is 3.83. The fraction of sp³-hybridized carbons (Fsp3) is 0.533. The van der Waals surface area contributed by atoms with Gasteiger partial charge < -0.3 is 10.5 Å². The van der Waals surface area contributed by atoms with Crippen LogP contribution in [-0.4, -0.2) is 12.1 Å². The van der Waals surface area contributed by atoms with E-state index < -0.39 is 0 Å². The number of para-hydroxylation sites is 1. The van der Waals surface area contributed by atoms with Crippen LogP contribution in [0.2, 0.25) is 0 Å². The van der Waals surface area contributed by atoms with Crippen LogP contribution in [0.3, 0.4) is 0 Å². The predicted octanol–water partition coefficient (Wildman–Crippen LogP) is 4.16. The quantitative estimate of drug-likeness (QED) is 0.656. The Hall–Kier alpha value is -1.03. The molecule has 2 N–H and O–H groups in total. The Morgan fingerprint density at radius 3 is 2.63 bits per heavy atom. The van der Waals surface area contributed by atoms with Crippen molar-refractivity contribution in [3.63, 3.8) is 0 Å². The highest BCUT2D eigenvalue weighted by atomic mass is 79.9. The van der Waals surface area contributed by atoms with Crippen molar-refractivity contribution in [3.05, 3.63) is 28.2 Å². The molecular formula is C15H20BrNO2. The Morgan fingerprint density at radius 2 is 2.00 bits per heavy atom. The molecule has 0 heterocycles. The van der Waals surface area contributed by atoms with E-state index in [2.05, 4.69) is 29.8 Å². The van der Waals surface area contributed by atoms with Crippen LogP contribution < -0.4 is 5.73 Å². The fourth-order valence-electron chi connectivity index (χ4n) is 2.42. The number of anilines is 1. The average Bonchev–Trinajstić information content (AvgIpc) is 2.35. The van der Waals surface area contributed by atoms with E-state index in [9.17, 15) is 4.79 Å². The van der Waals surface area contributed by atoms with E-state index in [1.807, 2.05) is 6.07 Å². The maximum atomic E-state index is 12.1. The molecule has 1 aromatic rings. The first kappa shape index (κ1) is 14.4. The van der Waals surface area contributed by atoms with Crippen LogP contribution in [0.4, 0.5) is 5.69 Å². The minimum atomic E-state index is -0.316. The lowest BCUT2D eigenvalue weighted by molar-refractivity contribution is 0.00962. The molecule has 1 fully saturated rings. The summed E-state index contributed by atoms with van der Waals surface area (Å²) in [5.74, 6) is -0.316. The van der Waals surface area contributed by atoms with Gasteiger partial charge in [-0.3, -0.25) is 0 Å². The number of rotatable bonds is 2. The van der Waals surface area contributed by atoms with Gasteiger partial charge in [-0.1, -0.05) is 19.9 Å². The molecule has 1 aromatic carbocycles. The maximum absolute atomic E-state index is 12.1. The summed E-state index contributed by atoms with van der Waals surface area (Å²) in [6, 6.07) is 5.31.